The van der Waals surface area contributed by atoms with Gasteiger partial charge in [-0.3, -0.25) is 0 Å². The molecular weight excluding hydrogens is 459 g/mol. The van der Waals surface area contributed by atoms with Crippen LogP contribution < -0.4 is 30.1 Å². The Morgan fingerprint density at radius 2 is 1.00 bits per heavy atom. The van der Waals surface area contributed by atoms with E-state index >= 15 is 0 Å². The van der Waals surface area contributed by atoms with E-state index in [0.29, 0.717) is 11.7 Å². The number of carbonyl (C=O) groups excluding carboxylic acids is 1. The maximum Gasteiger partial charge on any atom is 0.337 e. The second kappa shape index (κ2) is 11.0. The van der Waals surface area contributed by atoms with E-state index in [1.807, 2.05) is 57.2 Å². The molecular formula is C29H34O5P+. The van der Waals surface area contributed by atoms with E-state index < -0.39 is 18.8 Å². The van der Waals surface area contributed by atoms with E-state index in [-0.39, 0.29) is 0 Å². The van der Waals surface area contributed by atoms with Crippen LogP contribution in [0.3, 0.4) is 0 Å². The van der Waals surface area contributed by atoms with Crippen molar-refractivity contribution in [2.45, 2.75) is 26.4 Å². The summed E-state index contributed by atoms with van der Waals surface area (Å²) in [4.78, 5) is 13.1. The topological polar surface area (TPSA) is 54.0 Å². The lowest BCUT2D eigenvalue weighted by Crippen LogP contribution is -2.35. The molecule has 0 N–H and O–H groups in total. The SMILES string of the molecule is C=C(C[P+](c1ccc(OC)cc1)(c1ccc(OC)cc1)c1ccc(OC)cc1)C(=O)OC(C)(C)C. The van der Waals surface area contributed by atoms with Crippen LogP contribution in [0, 0.1) is 0 Å². The van der Waals surface area contributed by atoms with Crippen LogP contribution in [0.1, 0.15) is 20.8 Å². The summed E-state index contributed by atoms with van der Waals surface area (Å²) in [6.07, 6.45) is 0.424. The molecule has 0 unspecified atom stereocenters. The highest BCUT2D eigenvalue weighted by Gasteiger charge is 2.47. The summed E-state index contributed by atoms with van der Waals surface area (Å²) in [6, 6.07) is 24.1. The third-order valence-electron chi connectivity index (χ3n) is 5.66. The molecule has 184 valence electrons. The van der Waals surface area contributed by atoms with Crippen molar-refractivity contribution < 1.29 is 23.7 Å². The lowest BCUT2D eigenvalue weighted by Gasteiger charge is -2.29. The third-order valence-corrected chi connectivity index (χ3v) is 10.1. The highest BCUT2D eigenvalue weighted by molar-refractivity contribution is 7.95. The molecule has 0 fully saturated rings. The highest BCUT2D eigenvalue weighted by Crippen LogP contribution is 2.57. The van der Waals surface area contributed by atoms with Crippen molar-refractivity contribution in [2.24, 2.45) is 0 Å². The molecule has 0 heterocycles. The summed E-state index contributed by atoms with van der Waals surface area (Å²) in [7, 11) is 2.56. The minimum atomic E-state index is -2.39. The molecule has 0 radical (unpaired) electrons. The molecule has 3 rings (SSSR count). The molecule has 0 aliphatic rings. The second-order valence-corrected chi connectivity index (χ2v) is 12.7. The molecule has 35 heavy (non-hydrogen) atoms. The van der Waals surface area contributed by atoms with Gasteiger partial charge in [-0.25, -0.2) is 4.79 Å². The van der Waals surface area contributed by atoms with Crippen molar-refractivity contribution in [3.8, 4) is 17.2 Å². The van der Waals surface area contributed by atoms with Crippen molar-refractivity contribution >= 4 is 29.1 Å². The summed E-state index contributed by atoms with van der Waals surface area (Å²) in [5, 5.41) is 3.29. The van der Waals surface area contributed by atoms with Gasteiger partial charge in [-0.1, -0.05) is 6.58 Å². The van der Waals surface area contributed by atoms with Gasteiger partial charge in [-0.2, -0.15) is 0 Å². The van der Waals surface area contributed by atoms with Gasteiger partial charge in [0.05, 0.1) is 26.9 Å². The molecule has 0 saturated heterocycles. The van der Waals surface area contributed by atoms with E-state index in [4.69, 9.17) is 18.9 Å². The van der Waals surface area contributed by atoms with Crippen LogP contribution >= 0.6 is 7.26 Å². The van der Waals surface area contributed by atoms with Gasteiger partial charge >= 0.3 is 5.97 Å². The van der Waals surface area contributed by atoms with Crippen LogP contribution in [0.25, 0.3) is 0 Å². The molecule has 0 saturated carbocycles. The summed E-state index contributed by atoms with van der Waals surface area (Å²) < 4.78 is 21.9. The zero-order valence-corrected chi connectivity index (χ0v) is 22.2. The molecule has 6 heteroatoms. The molecule has 0 atom stereocenters. The van der Waals surface area contributed by atoms with Crippen molar-refractivity contribution in [3.05, 3.63) is 84.9 Å². The Balaban J connectivity index is 2.25. The Hall–Kier alpha value is -3.30. The smallest absolute Gasteiger partial charge is 0.337 e. The highest BCUT2D eigenvalue weighted by atomic mass is 31.2. The fourth-order valence-electron chi connectivity index (χ4n) is 3.93. The summed E-state index contributed by atoms with van der Waals surface area (Å²) in [5.74, 6) is 1.91. The summed E-state index contributed by atoms with van der Waals surface area (Å²) in [6.45, 7) is 9.75. The first kappa shape index (κ1) is 26.3. The number of carbonyl (C=O) groups is 1. The number of rotatable bonds is 9. The van der Waals surface area contributed by atoms with E-state index in [9.17, 15) is 4.79 Å². The minimum Gasteiger partial charge on any atom is -0.497 e. The average molecular weight is 494 g/mol. The van der Waals surface area contributed by atoms with Gasteiger partial charge in [0.15, 0.2) is 0 Å². The predicted molar refractivity (Wildman–Crippen MR) is 145 cm³/mol. The first-order valence-electron chi connectivity index (χ1n) is 11.4. The van der Waals surface area contributed by atoms with Crippen LogP contribution in [0.4, 0.5) is 0 Å². The van der Waals surface area contributed by atoms with Gasteiger partial charge in [-0.05, 0) is 93.6 Å². The lowest BCUT2D eigenvalue weighted by molar-refractivity contribution is -0.149. The Bertz CT molecular complexity index is 1030. The van der Waals surface area contributed by atoms with Crippen molar-refractivity contribution in [2.75, 3.05) is 27.5 Å². The lowest BCUT2D eigenvalue weighted by atomic mass is 10.2. The zero-order chi connectivity index (χ0) is 25.6. The standard InChI is InChI=1S/C29H34O5P/c1-21(28(30)34-29(2,3)4)20-35(25-14-8-22(31-5)9-15-25,26-16-10-23(32-6)11-17-26)27-18-12-24(33-7)13-19-27/h8-19H,1,20H2,2-7H3/q+1. The number of benzene rings is 3. The Morgan fingerprint density at radius 1 is 0.686 bits per heavy atom. The van der Waals surface area contributed by atoms with Gasteiger partial charge in [-0.15, -0.1) is 0 Å². The normalized spacial score (nSPS) is 11.5. The number of ether oxygens (including phenoxy) is 4. The third kappa shape index (κ3) is 6.04. The number of methoxy groups -OCH3 is 3. The number of esters is 1. The van der Waals surface area contributed by atoms with Crippen LogP contribution in [-0.2, 0) is 9.53 Å². The predicted octanol–water partition coefficient (Wildman–Crippen LogP) is 4.90. The molecule has 0 spiro atoms. The van der Waals surface area contributed by atoms with Crippen LogP contribution in [0.5, 0.6) is 17.2 Å². The fourth-order valence-corrected chi connectivity index (χ4v) is 8.05. The Morgan fingerprint density at radius 3 is 1.26 bits per heavy atom. The minimum absolute atomic E-state index is 0.391. The monoisotopic (exact) mass is 493 g/mol. The van der Waals surface area contributed by atoms with Gasteiger partial charge in [0, 0.05) is 0 Å². The first-order valence-corrected chi connectivity index (χ1v) is 13.3. The molecule has 3 aromatic rings. The van der Waals surface area contributed by atoms with Crippen LogP contribution in [-0.4, -0.2) is 39.1 Å². The van der Waals surface area contributed by atoms with E-state index in [0.717, 1.165) is 33.2 Å². The largest absolute Gasteiger partial charge is 0.497 e. The maximum absolute atomic E-state index is 13.1. The summed E-state index contributed by atoms with van der Waals surface area (Å²) in [5.41, 5.74) is -0.183. The summed E-state index contributed by atoms with van der Waals surface area (Å²) >= 11 is 0. The van der Waals surface area contributed by atoms with Crippen molar-refractivity contribution in [3.63, 3.8) is 0 Å². The van der Waals surface area contributed by atoms with E-state index in [1.165, 1.54) is 0 Å². The molecule has 3 aromatic carbocycles. The first-order chi connectivity index (χ1) is 16.6. The van der Waals surface area contributed by atoms with Gasteiger partial charge in [0.1, 0.15) is 52.2 Å². The zero-order valence-electron chi connectivity index (χ0n) is 21.3. The van der Waals surface area contributed by atoms with E-state index in [1.54, 1.807) is 21.3 Å². The number of hydrogen-bond acceptors (Lipinski definition) is 5. The quantitative estimate of drug-likeness (QED) is 0.241. The Kier molecular flexibility index (Phi) is 8.24. The molecule has 5 nitrogen and oxygen atoms in total. The van der Waals surface area contributed by atoms with Crippen molar-refractivity contribution in [1.82, 2.24) is 0 Å². The Labute approximate surface area is 209 Å². The fraction of sp³-hybridized carbons (Fsp3) is 0.276. The second-order valence-electron chi connectivity index (χ2n) is 9.17. The van der Waals surface area contributed by atoms with Gasteiger partial charge in [0.2, 0.25) is 0 Å². The van der Waals surface area contributed by atoms with E-state index in [2.05, 4.69) is 43.0 Å². The van der Waals surface area contributed by atoms with Crippen molar-refractivity contribution in [1.29, 1.82) is 0 Å². The molecule has 0 bridgehead atoms. The van der Waals surface area contributed by atoms with Crippen LogP contribution in [0.15, 0.2) is 84.9 Å². The number of hydrogen-bond donors (Lipinski definition) is 0. The maximum atomic E-state index is 13.1. The molecule has 0 aliphatic heterocycles. The molecule has 0 aromatic heterocycles. The molecule has 0 amide bonds. The average Bonchev–Trinajstić information content (AvgIpc) is 2.86. The van der Waals surface area contributed by atoms with Gasteiger partial charge < -0.3 is 18.9 Å². The molecule has 0 aliphatic carbocycles. The van der Waals surface area contributed by atoms with Crippen LogP contribution in [0.2, 0.25) is 0 Å². The van der Waals surface area contributed by atoms with Gasteiger partial charge in [0.25, 0.3) is 0 Å².